The minimum atomic E-state index is -3.58. The molecule has 24 heavy (non-hydrogen) atoms. The number of esters is 1. The number of ether oxygens (including phenoxy) is 2. The third-order valence-electron chi connectivity index (χ3n) is 4.38. The average Bonchev–Trinajstić information content (AvgIpc) is 2.56. The lowest BCUT2D eigenvalue weighted by atomic mass is 9.98. The lowest BCUT2D eigenvalue weighted by molar-refractivity contribution is -0.149. The van der Waals surface area contributed by atoms with Gasteiger partial charge in [0.25, 0.3) is 0 Å². The fourth-order valence-electron chi connectivity index (χ4n) is 2.99. The van der Waals surface area contributed by atoms with Crippen molar-refractivity contribution in [2.24, 2.45) is 5.92 Å². The van der Waals surface area contributed by atoms with Crippen molar-refractivity contribution < 1.29 is 22.7 Å². The molecule has 7 heteroatoms. The third-order valence-corrected chi connectivity index (χ3v) is 6.42. The Hall–Kier alpha value is -1.60. The molecule has 1 saturated heterocycles. The maximum Gasteiger partial charge on any atom is 0.309 e. The quantitative estimate of drug-likeness (QED) is 0.758. The molecule has 6 nitrogen and oxygen atoms in total. The molecule has 2 rings (SSSR count). The molecule has 0 aromatic heterocycles. The number of carbonyl (C=O) groups is 1. The zero-order valence-corrected chi connectivity index (χ0v) is 15.5. The Morgan fingerprint density at radius 3 is 2.38 bits per heavy atom. The van der Waals surface area contributed by atoms with Gasteiger partial charge in [-0.2, -0.15) is 4.31 Å². The van der Waals surface area contributed by atoms with Gasteiger partial charge in [-0.05, 0) is 56.9 Å². The second-order valence-electron chi connectivity index (χ2n) is 6.02. The molecule has 0 bridgehead atoms. The molecule has 134 valence electrons. The average molecular weight is 355 g/mol. The summed E-state index contributed by atoms with van der Waals surface area (Å²) in [5.74, 6) is 0.230. The van der Waals surface area contributed by atoms with E-state index in [0.29, 0.717) is 48.7 Å². The normalized spacial score (nSPS) is 16.8. The van der Waals surface area contributed by atoms with E-state index in [-0.39, 0.29) is 11.9 Å². The zero-order valence-electron chi connectivity index (χ0n) is 14.7. The van der Waals surface area contributed by atoms with Crippen molar-refractivity contribution in [2.75, 3.05) is 26.8 Å². The van der Waals surface area contributed by atoms with Crippen molar-refractivity contribution in [3.63, 3.8) is 0 Å². The molecule has 1 aliphatic heterocycles. The second-order valence-corrected chi connectivity index (χ2v) is 7.92. The Morgan fingerprint density at radius 2 is 1.83 bits per heavy atom. The highest BCUT2D eigenvalue weighted by molar-refractivity contribution is 7.89. The van der Waals surface area contributed by atoms with E-state index in [9.17, 15) is 13.2 Å². The van der Waals surface area contributed by atoms with Crippen molar-refractivity contribution in [3.05, 3.63) is 23.3 Å². The van der Waals surface area contributed by atoms with E-state index in [1.807, 2.05) is 6.92 Å². The van der Waals surface area contributed by atoms with Crippen LogP contribution in [-0.2, 0) is 19.6 Å². The van der Waals surface area contributed by atoms with E-state index >= 15 is 0 Å². The Kier molecular flexibility index (Phi) is 5.87. The number of carbonyl (C=O) groups excluding carboxylic acids is 1. The summed E-state index contributed by atoms with van der Waals surface area (Å²) in [6.45, 7) is 6.37. The Morgan fingerprint density at radius 1 is 1.21 bits per heavy atom. The molecule has 1 fully saturated rings. The number of sulfonamides is 1. The first-order valence-electron chi connectivity index (χ1n) is 8.13. The van der Waals surface area contributed by atoms with Gasteiger partial charge in [0.15, 0.2) is 0 Å². The molecule has 0 radical (unpaired) electrons. The third kappa shape index (κ3) is 3.72. The number of piperidine rings is 1. The van der Waals surface area contributed by atoms with Crippen molar-refractivity contribution in [2.45, 2.75) is 38.5 Å². The van der Waals surface area contributed by atoms with E-state index < -0.39 is 10.0 Å². The maximum absolute atomic E-state index is 12.9. The van der Waals surface area contributed by atoms with Gasteiger partial charge < -0.3 is 9.47 Å². The highest BCUT2D eigenvalue weighted by Gasteiger charge is 2.33. The summed E-state index contributed by atoms with van der Waals surface area (Å²) in [4.78, 5) is 12.1. The fraction of sp³-hybridized carbons (Fsp3) is 0.588. The summed E-state index contributed by atoms with van der Waals surface area (Å²) in [5, 5.41) is 0. The van der Waals surface area contributed by atoms with Crippen molar-refractivity contribution in [3.8, 4) is 5.75 Å². The van der Waals surface area contributed by atoms with Crippen molar-refractivity contribution >= 4 is 16.0 Å². The monoisotopic (exact) mass is 355 g/mol. The molecule has 0 amide bonds. The SMILES string of the molecule is CCOC(=O)C1CCN(S(=O)(=O)c2cc(C)c(OC)cc2C)CC1. The molecular formula is C17H25NO5S. The van der Waals surface area contributed by atoms with Crippen LogP contribution in [0.15, 0.2) is 17.0 Å². The Bertz CT molecular complexity index is 706. The first kappa shape index (κ1) is 18.7. The van der Waals surface area contributed by atoms with Crippen LogP contribution in [0.4, 0.5) is 0 Å². The van der Waals surface area contributed by atoms with E-state index in [4.69, 9.17) is 9.47 Å². The summed E-state index contributed by atoms with van der Waals surface area (Å²) in [7, 11) is -2.01. The molecule has 0 unspecified atom stereocenters. The van der Waals surface area contributed by atoms with Gasteiger partial charge in [-0.3, -0.25) is 4.79 Å². The molecule has 1 heterocycles. The Labute approximate surface area is 143 Å². The van der Waals surface area contributed by atoms with Crippen LogP contribution in [0.25, 0.3) is 0 Å². The Balaban J connectivity index is 2.18. The molecule has 0 atom stereocenters. The van der Waals surface area contributed by atoms with Crippen LogP contribution in [0.1, 0.15) is 30.9 Å². The van der Waals surface area contributed by atoms with Crippen molar-refractivity contribution in [1.82, 2.24) is 4.31 Å². The molecule has 0 N–H and O–H groups in total. The first-order valence-corrected chi connectivity index (χ1v) is 9.57. The lowest BCUT2D eigenvalue weighted by Gasteiger charge is -2.30. The van der Waals surface area contributed by atoms with Gasteiger partial charge in [0.2, 0.25) is 10.0 Å². The van der Waals surface area contributed by atoms with Crippen LogP contribution < -0.4 is 4.74 Å². The number of aryl methyl sites for hydroxylation is 2. The largest absolute Gasteiger partial charge is 0.496 e. The molecule has 1 aromatic carbocycles. The van der Waals surface area contributed by atoms with Crippen LogP contribution in [0, 0.1) is 19.8 Å². The van der Waals surface area contributed by atoms with Crippen LogP contribution in [0.2, 0.25) is 0 Å². The number of nitrogens with zero attached hydrogens (tertiary/aromatic N) is 1. The van der Waals surface area contributed by atoms with Gasteiger partial charge in [0.1, 0.15) is 5.75 Å². The van der Waals surface area contributed by atoms with Gasteiger partial charge >= 0.3 is 5.97 Å². The number of methoxy groups -OCH3 is 1. The molecular weight excluding hydrogens is 330 g/mol. The first-order chi connectivity index (χ1) is 11.3. The van der Waals surface area contributed by atoms with E-state index in [0.717, 1.165) is 5.56 Å². The number of hydrogen-bond donors (Lipinski definition) is 0. The van der Waals surface area contributed by atoms with Crippen LogP contribution in [-0.4, -0.2) is 45.5 Å². The van der Waals surface area contributed by atoms with E-state index in [2.05, 4.69) is 0 Å². The lowest BCUT2D eigenvalue weighted by Crippen LogP contribution is -2.40. The number of hydrogen-bond acceptors (Lipinski definition) is 5. The minimum Gasteiger partial charge on any atom is -0.496 e. The zero-order chi connectivity index (χ0) is 17.9. The molecule has 0 saturated carbocycles. The van der Waals surface area contributed by atoms with Crippen LogP contribution in [0.3, 0.4) is 0 Å². The van der Waals surface area contributed by atoms with Crippen LogP contribution in [0.5, 0.6) is 5.75 Å². The highest BCUT2D eigenvalue weighted by Crippen LogP contribution is 2.30. The molecule has 0 aliphatic carbocycles. The summed E-state index contributed by atoms with van der Waals surface area (Å²) >= 11 is 0. The van der Waals surface area contributed by atoms with Gasteiger partial charge in [-0.1, -0.05) is 0 Å². The van der Waals surface area contributed by atoms with Crippen molar-refractivity contribution in [1.29, 1.82) is 0 Å². The number of rotatable bonds is 5. The van der Waals surface area contributed by atoms with Gasteiger partial charge in [0.05, 0.1) is 24.5 Å². The van der Waals surface area contributed by atoms with E-state index in [1.165, 1.54) is 4.31 Å². The van der Waals surface area contributed by atoms with E-state index in [1.54, 1.807) is 33.1 Å². The molecule has 0 spiro atoms. The summed E-state index contributed by atoms with van der Waals surface area (Å²) in [5.41, 5.74) is 1.44. The second kappa shape index (κ2) is 7.53. The maximum atomic E-state index is 12.9. The summed E-state index contributed by atoms with van der Waals surface area (Å²) in [6.07, 6.45) is 0.985. The smallest absolute Gasteiger partial charge is 0.309 e. The fourth-order valence-corrected chi connectivity index (χ4v) is 4.75. The minimum absolute atomic E-state index is 0.213. The molecule has 1 aromatic rings. The predicted octanol–water partition coefficient (Wildman–Crippen LogP) is 2.28. The molecule has 1 aliphatic rings. The number of benzene rings is 1. The highest BCUT2D eigenvalue weighted by atomic mass is 32.2. The van der Waals surface area contributed by atoms with Gasteiger partial charge in [0, 0.05) is 13.1 Å². The topological polar surface area (TPSA) is 72.9 Å². The van der Waals surface area contributed by atoms with Crippen LogP contribution >= 0.6 is 0 Å². The standard InChI is InChI=1S/C17H25NO5S/c1-5-23-17(19)14-6-8-18(9-7-14)24(20,21)16-11-12(2)15(22-4)10-13(16)3/h10-11,14H,5-9H2,1-4H3. The summed E-state index contributed by atoms with van der Waals surface area (Å²) in [6, 6.07) is 3.40. The predicted molar refractivity (Wildman–Crippen MR) is 90.6 cm³/mol. The van der Waals surface area contributed by atoms with Gasteiger partial charge in [-0.15, -0.1) is 0 Å². The van der Waals surface area contributed by atoms with Gasteiger partial charge in [-0.25, -0.2) is 8.42 Å². The summed E-state index contributed by atoms with van der Waals surface area (Å²) < 4.78 is 37.6.